The van der Waals surface area contributed by atoms with Crippen LogP contribution in [0.4, 0.5) is 5.69 Å². The van der Waals surface area contributed by atoms with E-state index in [9.17, 15) is 10.1 Å². The average molecular weight is 442 g/mol. The van der Waals surface area contributed by atoms with Crippen LogP contribution in [-0.4, -0.2) is 24.7 Å². The fourth-order valence-electron chi connectivity index (χ4n) is 3.65. The van der Waals surface area contributed by atoms with E-state index in [4.69, 9.17) is 0 Å². The first-order valence-corrected chi connectivity index (χ1v) is 11.1. The van der Waals surface area contributed by atoms with E-state index in [1.165, 1.54) is 11.6 Å². The molecule has 0 amide bonds. The number of nitrogens with one attached hydrogen (secondary N) is 1. The third kappa shape index (κ3) is 4.00. The standard InChI is InChI=1S/C24H19N5O2S/c30-29(31)20-11-12-21-19(14-25-22(21)13-20)16-32-24-27-26-23(18-9-5-2-6-10-18)28(24)15-17-7-3-1-4-8-17/h1-14,25H,15-16H2. The summed E-state index contributed by atoms with van der Waals surface area (Å²) in [6.45, 7) is 0.667. The molecule has 5 rings (SSSR count). The van der Waals surface area contributed by atoms with E-state index < -0.39 is 0 Å². The number of aromatic amines is 1. The minimum atomic E-state index is -0.383. The Hall–Kier alpha value is -3.91. The third-order valence-corrected chi connectivity index (χ3v) is 6.27. The molecule has 0 spiro atoms. The maximum atomic E-state index is 11.0. The molecule has 3 aromatic carbocycles. The molecular weight excluding hydrogens is 422 g/mol. The zero-order chi connectivity index (χ0) is 21.9. The number of hydrogen-bond acceptors (Lipinski definition) is 5. The number of nitrogens with zero attached hydrogens (tertiary/aromatic N) is 4. The smallest absolute Gasteiger partial charge is 0.271 e. The lowest BCUT2D eigenvalue weighted by atomic mass is 10.2. The van der Waals surface area contributed by atoms with Crippen LogP contribution in [0.2, 0.25) is 0 Å². The molecular formula is C24H19N5O2S. The molecule has 0 bridgehead atoms. The monoisotopic (exact) mass is 441 g/mol. The maximum Gasteiger partial charge on any atom is 0.271 e. The Morgan fingerprint density at radius 2 is 1.72 bits per heavy atom. The lowest BCUT2D eigenvalue weighted by Gasteiger charge is -2.10. The summed E-state index contributed by atoms with van der Waals surface area (Å²) in [5.74, 6) is 1.49. The van der Waals surface area contributed by atoms with Crippen molar-refractivity contribution in [2.24, 2.45) is 0 Å². The molecule has 0 aliphatic heterocycles. The second kappa shape index (κ2) is 8.68. The van der Waals surface area contributed by atoms with Gasteiger partial charge in [-0.15, -0.1) is 10.2 Å². The Kier molecular flexibility index (Phi) is 5.43. The van der Waals surface area contributed by atoms with Crippen LogP contribution in [-0.2, 0) is 12.3 Å². The van der Waals surface area contributed by atoms with E-state index in [0.717, 1.165) is 33.0 Å². The quantitative estimate of drug-likeness (QED) is 0.199. The molecule has 0 fully saturated rings. The van der Waals surface area contributed by atoms with Crippen molar-refractivity contribution in [3.8, 4) is 11.4 Å². The predicted octanol–water partition coefficient (Wildman–Crippen LogP) is 5.68. The number of fused-ring (bicyclic) bond motifs is 1. The molecule has 8 heteroatoms. The van der Waals surface area contributed by atoms with E-state index in [2.05, 4.69) is 31.9 Å². The van der Waals surface area contributed by atoms with E-state index in [-0.39, 0.29) is 10.6 Å². The molecule has 0 radical (unpaired) electrons. The number of rotatable bonds is 7. The summed E-state index contributed by atoms with van der Waals surface area (Å²) >= 11 is 1.60. The summed E-state index contributed by atoms with van der Waals surface area (Å²) in [7, 11) is 0. The second-order valence-electron chi connectivity index (χ2n) is 7.33. The summed E-state index contributed by atoms with van der Waals surface area (Å²) in [6, 6.07) is 25.2. The SMILES string of the molecule is O=[N+]([O-])c1ccc2c(CSc3nnc(-c4ccccc4)n3Cc3ccccc3)c[nH]c2c1. The van der Waals surface area contributed by atoms with Gasteiger partial charge in [-0.3, -0.25) is 14.7 Å². The van der Waals surface area contributed by atoms with Crippen LogP contribution < -0.4 is 0 Å². The zero-order valence-corrected chi connectivity index (χ0v) is 17.8. The van der Waals surface area contributed by atoms with Crippen LogP contribution in [0.5, 0.6) is 0 Å². The number of non-ortho nitro benzene ring substituents is 1. The Morgan fingerprint density at radius 1 is 0.969 bits per heavy atom. The highest BCUT2D eigenvalue weighted by Crippen LogP contribution is 2.31. The number of benzene rings is 3. The fourth-order valence-corrected chi connectivity index (χ4v) is 4.58. The van der Waals surface area contributed by atoms with Gasteiger partial charge in [-0.05, 0) is 17.2 Å². The molecule has 1 N–H and O–H groups in total. The molecule has 0 atom stereocenters. The van der Waals surface area contributed by atoms with Gasteiger partial charge in [0.25, 0.3) is 5.69 Å². The number of nitro benzene ring substituents is 1. The first-order valence-electron chi connectivity index (χ1n) is 10.1. The van der Waals surface area contributed by atoms with Crippen molar-refractivity contribution >= 4 is 28.4 Å². The number of H-pyrrole nitrogens is 1. The van der Waals surface area contributed by atoms with Crippen LogP contribution in [0.1, 0.15) is 11.1 Å². The zero-order valence-electron chi connectivity index (χ0n) is 17.0. The Bertz CT molecular complexity index is 1380. The number of thioether (sulfide) groups is 1. The van der Waals surface area contributed by atoms with Crippen molar-refractivity contribution in [3.05, 3.63) is 106 Å². The molecule has 0 unspecified atom stereocenters. The van der Waals surface area contributed by atoms with Crippen LogP contribution in [0.15, 0.2) is 90.2 Å². The van der Waals surface area contributed by atoms with Gasteiger partial charge in [-0.25, -0.2) is 0 Å². The van der Waals surface area contributed by atoms with Crippen LogP contribution in [0.25, 0.3) is 22.3 Å². The fraction of sp³-hybridized carbons (Fsp3) is 0.0833. The Morgan fingerprint density at radius 3 is 2.47 bits per heavy atom. The Balaban J connectivity index is 1.45. The summed E-state index contributed by atoms with van der Waals surface area (Å²) < 4.78 is 2.13. The summed E-state index contributed by atoms with van der Waals surface area (Å²) in [4.78, 5) is 13.8. The molecule has 0 aliphatic carbocycles. The highest BCUT2D eigenvalue weighted by atomic mass is 32.2. The molecule has 32 heavy (non-hydrogen) atoms. The molecule has 2 aromatic heterocycles. The minimum absolute atomic E-state index is 0.0775. The van der Waals surface area contributed by atoms with Crippen LogP contribution in [0, 0.1) is 10.1 Å². The van der Waals surface area contributed by atoms with E-state index in [0.29, 0.717) is 12.3 Å². The highest BCUT2D eigenvalue weighted by Gasteiger charge is 2.16. The van der Waals surface area contributed by atoms with Gasteiger partial charge in [0.05, 0.1) is 17.0 Å². The lowest BCUT2D eigenvalue weighted by molar-refractivity contribution is -0.384. The van der Waals surface area contributed by atoms with Gasteiger partial charge >= 0.3 is 0 Å². The second-order valence-corrected chi connectivity index (χ2v) is 8.28. The highest BCUT2D eigenvalue weighted by molar-refractivity contribution is 7.98. The number of nitro groups is 1. The maximum absolute atomic E-state index is 11.0. The summed E-state index contributed by atoms with van der Waals surface area (Å²) in [5, 5.41) is 21.8. The molecule has 0 saturated heterocycles. The number of hydrogen-bond donors (Lipinski definition) is 1. The first kappa shape index (κ1) is 20.0. The van der Waals surface area contributed by atoms with E-state index in [1.807, 2.05) is 54.7 Å². The average Bonchev–Trinajstić information content (AvgIpc) is 3.42. The number of aromatic nitrogens is 4. The van der Waals surface area contributed by atoms with Crippen LogP contribution in [0.3, 0.4) is 0 Å². The van der Waals surface area contributed by atoms with Crippen molar-refractivity contribution in [2.45, 2.75) is 17.5 Å². The van der Waals surface area contributed by atoms with E-state index >= 15 is 0 Å². The van der Waals surface area contributed by atoms with Gasteiger partial charge in [0.1, 0.15) is 0 Å². The van der Waals surface area contributed by atoms with Crippen molar-refractivity contribution in [1.82, 2.24) is 19.7 Å². The predicted molar refractivity (Wildman–Crippen MR) is 126 cm³/mol. The van der Waals surface area contributed by atoms with Gasteiger partial charge in [0.2, 0.25) is 0 Å². The molecule has 5 aromatic rings. The van der Waals surface area contributed by atoms with Gasteiger partial charge in [-0.2, -0.15) is 0 Å². The molecule has 7 nitrogen and oxygen atoms in total. The third-order valence-electron chi connectivity index (χ3n) is 5.25. The molecule has 158 valence electrons. The molecule has 0 saturated carbocycles. The van der Waals surface area contributed by atoms with E-state index in [1.54, 1.807) is 23.9 Å². The Labute approximate surface area is 188 Å². The largest absolute Gasteiger partial charge is 0.361 e. The van der Waals surface area contributed by atoms with Gasteiger partial charge in [0.15, 0.2) is 11.0 Å². The van der Waals surface area contributed by atoms with Crippen molar-refractivity contribution < 1.29 is 4.92 Å². The van der Waals surface area contributed by atoms with Crippen LogP contribution >= 0.6 is 11.8 Å². The first-order chi connectivity index (χ1) is 15.7. The summed E-state index contributed by atoms with van der Waals surface area (Å²) in [6.07, 6.45) is 1.90. The van der Waals surface area contributed by atoms with Gasteiger partial charge < -0.3 is 4.98 Å². The molecule has 2 heterocycles. The normalized spacial score (nSPS) is 11.1. The summed E-state index contributed by atoms with van der Waals surface area (Å²) in [5.41, 5.74) is 4.09. The topological polar surface area (TPSA) is 89.6 Å². The van der Waals surface area contributed by atoms with Crippen molar-refractivity contribution in [2.75, 3.05) is 0 Å². The van der Waals surface area contributed by atoms with Crippen molar-refractivity contribution in [3.63, 3.8) is 0 Å². The van der Waals surface area contributed by atoms with Crippen molar-refractivity contribution in [1.29, 1.82) is 0 Å². The minimum Gasteiger partial charge on any atom is -0.361 e. The van der Waals surface area contributed by atoms with Gasteiger partial charge in [0, 0.05) is 35.0 Å². The lowest BCUT2D eigenvalue weighted by Crippen LogP contribution is -2.04. The molecule has 0 aliphatic rings. The van der Waals surface area contributed by atoms with Gasteiger partial charge in [-0.1, -0.05) is 72.4 Å².